The Morgan fingerprint density at radius 3 is 2.73 bits per heavy atom. The van der Waals surface area contributed by atoms with Crippen molar-refractivity contribution in [2.24, 2.45) is 0 Å². The third-order valence-electron chi connectivity index (χ3n) is 2.96. The Morgan fingerprint density at radius 2 is 2.00 bits per heavy atom. The Balaban J connectivity index is 1.93. The van der Waals surface area contributed by atoms with Crippen molar-refractivity contribution in [3.8, 4) is 0 Å². The van der Waals surface area contributed by atoms with Gasteiger partial charge in [0.1, 0.15) is 5.15 Å². The minimum absolute atomic E-state index is 0.189. The van der Waals surface area contributed by atoms with Gasteiger partial charge in [0.2, 0.25) is 0 Å². The van der Waals surface area contributed by atoms with E-state index in [9.17, 15) is 9.59 Å². The van der Waals surface area contributed by atoms with E-state index in [4.69, 9.17) is 16.3 Å². The maximum absolute atomic E-state index is 11.9. The van der Waals surface area contributed by atoms with E-state index < -0.39 is 11.9 Å². The summed E-state index contributed by atoms with van der Waals surface area (Å²) in [5, 5.41) is 2.90. The third-order valence-corrected chi connectivity index (χ3v) is 3.17. The van der Waals surface area contributed by atoms with Crippen LogP contribution in [0.5, 0.6) is 0 Å². The molecule has 0 radical (unpaired) electrons. The number of rotatable bonds is 4. The number of benzene rings is 1. The highest BCUT2D eigenvalue weighted by Gasteiger charge is 2.11. The van der Waals surface area contributed by atoms with Gasteiger partial charge in [-0.25, -0.2) is 9.78 Å². The highest BCUT2D eigenvalue weighted by Crippen LogP contribution is 2.16. The summed E-state index contributed by atoms with van der Waals surface area (Å²) in [7, 11) is 0. The molecule has 1 aromatic carbocycles. The normalized spacial score (nSPS) is 10.1. The lowest BCUT2D eigenvalue weighted by molar-refractivity contribution is -0.119. The first kappa shape index (κ1) is 16.0. The molecule has 2 rings (SSSR count). The molecule has 0 spiro atoms. The second-order valence-electron chi connectivity index (χ2n) is 4.81. The maximum atomic E-state index is 11.9. The van der Waals surface area contributed by atoms with Crippen molar-refractivity contribution < 1.29 is 14.3 Å². The second kappa shape index (κ2) is 7.04. The molecule has 1 amide bonds. The lowest BCUT2D eigenvalue weighted by atomic mass is 10.1. The molecule has 1 N–H and O–H groups in total. The maximum Gasteiger partial charge on any atom is 0.338 e. The number of esters is 1. The number of anilines is 1. The summed E-state index contributed by atoms with van der Waals surface area (Å²) in [6, 6.07) is 8.58. The molecule has 6 heteroatoms. The average molecular weight is 319 g/mol. The number of halogens is 1. The van der Waals surface area contributed by atoms with Gasteiger partial charge in [-0.3, -0.25) is 4.79 Å². The van der Waals surface area contributed by atoms with Crippen LogP contribution in [0.25, 0.3) is 0 Å². The zero-order valence-corrected chi connectivity index (χ0v) is 13.0. The highest BCUT2D eigenvalue weighted by atomic mass is 35.5. The van der Waals surface area contributed by atoms with Gasteiger partial charge in [0.05, 0.1) is 5.56 Å². The first-order valence-corrected chi connectivity index (χ1v) is 6.99. The molecule has 0 unspecified atom stereocenters. The summed E-state index contributed by atoms with van der Waals surface area (Å²) in [4.78, 5) is 27.4. The summed E-state index contributed by atoms with van der Waals surface area (Å²) in [6.45, 7) is 3.45. The van der Waals surface area contributed by atoms with Gasteiger partial charge in [-0.2, -0.15) is 0 Å². The summed E-state index contributed by atoms with van der Waals surface area (Å²) in [5.74, 6) is -1.03. The van der Waals surface area contributed by atoms with E-state index in [1.165, 1.54) is 18.3 Å². The van der Waals surface area contributed by atoms with Gasteiger partial charge >= 0.3 is 5.97 Å². The van der Waals surface area contributed by atoms with Gasteiger partial charge in [-0.1, -0.05) is 23.7 Å². The lowest BCUT2D eigenvalue weighted by Crippen LogP contribution is -2.21. The number of pyridine rings is 1. The Kier molecular flexibility index (Phi) is 5.12. The molecule has 5 nitrogen and oxygen atoms in total. The number of carbonyl (C=O) groups is 2. The second-order valence-corrected chi connectivity index (χ2v) is 5.20. The highest BCUT2D eigenvalue weighted by molar-refractivity contribution is 6.29. The summed E-state index contributed by atoms with van der Waals surface area (Å²) in [6.07, 6.45) is 1.40. The number of nitrogens with one attached hydrogen (secondary N) is 1. The quantitative estimate of drug-likeness (QED) is 0.694. The number of carbonyl (C=O) groups excluding carboxylic acids is 2. The molecule has 0 fully saturated rings. The fraction of sp³-hybridized carbons (Fsp3) is 0.188. The number of aryl methyl sites for hydroxylation is 2. The van der Waals surface area contributed by atoms with Crippen molar-refractivity contribution in [3.63, 3.8) is 0 Å². The molecule has 0 saturated heterocycles. The minimum atomic E-state index is -0.625. The van der Waals surface area contributed by atoms with Gasteiger partial charge < -0.3 is 10.1 Å². The Hall–Kier alpha value is -2.40. The topological polar surface area (TPSA) is 68.3 Å². The molecule has 2 aromatic rings. The van der Waals surface area contributed by atoms with Crippen LogP contribution in [0, 0.1) is 13.8 Å². The third kappa shape index (κ3) is 4.30. The van der Waals surface area contributed by atoms with E-state index in [0.29, 0.717) is 5.69 Å². The van der Waals surface area contributed by atoms with E-state index in [1.807, 2.05) is 32.0 Å². The van der Waals surface area contributed by atoms with Crippen LogP contribution in [-0.4, -0.2) is 23.5 Å². The van der Waals surface area contributed by atoms with Crippen molar-refractivity contribution in [2.75, 3.05) is 11.9 Å². The van der Waals surface area contributed by atoms with Gasteiger partial charge in [0, 0.05) is 11.9 Å². The van der Waals surface area contributed by atoms with Crippen LogP contribution in [0.4, 0.5) is 5.69 Å². The Bertz CT molecular complexity index is 716. The van der Waals surface area contributed by atoms with Gasteiger partial charge in [0.15, 0.2) is 6.61 Å². The Morgan fingerprint density at radius 1 is 1.23 bits per heavy atom. The van der Waals surface area contributed by atoms with Gasteiger partial charge in [-0.15, -0.1) is 0 Å². The van der Waals surface area contributed by atoms with E-state index in [1.54, 1.807) is 0 Å². The molecule has 0 aliphatic heterocycles. The first-order chi connectivity index (χ1) is 10.5. The molecular formula is C16H15ClN2O3. The van der Waals surface area contributed by atoms with E-state index >= 15 is 0 Å². The molecule has 114 valence electrons. The summed E-state index contributed by atoms with van der Waals surface area (Å²) >= 11 is 5.69. The smallest absolute Gasteiger partial charge is 0.338 e. The van der Waals surface area contributed by atoms with Crippen molar-refractivity contribution in [2.45, 2.75) is 13.8 Å². The fourth-order valence-corrected chi connectivity index (χ4v) is 1.97. The van der Waals surface area contributed by atoms with Crippen LogP contribution >= 0.6 is 11.6 Å². The number of hydrogen-bond acceptors (Lipinski definition) is 4. The van der Waals surface area contributed by atoms with Crippen molar-refractivity contribution in [1.29, 1.82) is 0 Å². The number of ether oxygens (including phenoxy) is 1. The number of aromatic nitrogens is 1. The molecular weight excluding hydrogens is 304 g/mol. The van der Waals surface area contributed by atoms with Gasteiger partial charge in [-0.05, 0) is 43.2 Å². The molecule has 1 aromatic heterocycles. The molecule has 0 aliphatic rings. The van der Waals surface area contributed by atoms with Crippen LogP contribution in [0.2, 0.25) is 5.15 Å². The van der Waals surface area contributed by atoms with Crippen LogP contribution in [0.15, 0.2) is 36.5 Å². The van der Waals surface area contributed by atoms with E-state index in [0.717, 1.165) is 11.1 Å². The molecule has 22 heavy (non-hydrogen) atoms. The molecule has 0 bridgehead atoms. The molecule has 0 saturated carbocycles. The first-order valence-electron chi connectivity index (χ1n) is 6.61. The lowest BCUT2D eigenvalue weighted by Gasteiger charge is -2.10. The van der Waals surface area contributed by atoms with Crippen LogP contribution in [0.1, 0.15) is 21.5 Å². The molecule has 0 aliphatic carbocycles. The van der Waals surface area contributed by atoms with Crippen LogP contribution in [0.3, 0.4) is 0 Å². The summed E-state index contributed by atoms with van der Waals surface area (Å²) in [5.41, 5.74) is 2.92. The predicted octanol–water partition coefficient (Wildman–Crippen LogP) is 3.15. The van der Waals surface area contributed by atoms with E-state index in [-0.39, 0.29) is 17.3 Å². The zero-order chi connectivity index (χ0) is 16.1. The largest absolute Gasteiger partial charge is 0.452 e. The number of hydrogen-bond donors (Lipinski definition) is 1. The minimum Gasteiger partial charge on any atom is -0.452 e. The zero-order valence-electron chi connectivity index (χ0n) is 12.2. The summed E-state index contributed by atoms with van der Waals surface area (Å²) < 4.78 is 4.95. The number of nitrogens with zero attached hydrogens (tertiary/aromatic N) is 1. The number of amides is 1. The van der Waals surface area contributed by atoms with E-state index in [2.05, 4.69) is 10.3 Å². The SMILES string of the molecule is Cc1ccc(C)c(NC(=O)COC(=O)c2ccnc(Cl)c2)c1. The fourth-order valence-electron chi connectivity index (χ4n) is 1.80. The Labute approximate surface area is 133 Å². The van der Waals surface area contributed by atoms with Crippen LogP contribution in [-0.2, 0) is 9.53 Å². The van der Waals surface area contributed by atoms with Gasteiger partial charge in [0.25, 0.3) is 5.91 Å². The average Bonchev–Trinajstić information content (AvgIpc) is 2.48. The van der Waals surface area contributed by atoms with Crippen molar-refractivity contribution in [1.82, 2.24) is 4.98 Å². The monoisotopic (exact) mass is 318 g/mol. The van der Waals surface area contributed by atoms with Crippen molar-refractivity contribution in [3.05, 3.63) is 58.4 Å². The standard InChI is InChI=1S/C16H15ClN2O3/c1-10-3-4-11(2)13(7-10)19-15(20)9-22-16(21)12-5-6-18-14(17)8-12/h3-8H,9H2,1-2H3,(H,19,20). The van der Waals surface area contributed by atoms with Crippen LogP contribution < -0.4 is 5.32 Å². The molecule has 0 atom stereocenters. The predicted molar refractivity (Wildman–Crippen MR) is 84.1 cm³/mol. The van der Waals surface area contributed by atoms with Crippen molar-refractivity contribution >= 4 is 29.2 Å². The molecule has 1 heterocycles.